The number of aromatic nitrogens is 2. The van der Waals surface area contributed by atoms with E-state index in [1.165, 1.54) is 6.07 Å². The Morgan fingerprint density at radius 3 is 2.60 bits per heavy atom. The first-order valence-electron chi connectivity index (χ1n) is 10.1. The summed E-state index contributed by atoms with van der Waals surface area (Å²) < 4.78 is 5.27. The zero-order valence-electron chi connectivity index (χ0n) is 17.9. The molecule has 0 aliphatic carbocycles. The number of ether oxygens (including phenoxy) is 1. The first-order chi connectivity index (χ1) is 14.2. The molecule has 0 unspecified atom stereocenters. The normalized spacial score (nSPS) is 15.3. The van der Waals surface area contributed by atoms with Crippen molar-refractivity contribution in [3.8, 4) is 5.75 Å². The third-order valence-corrected chi connectivity index (χ3v) is 5.37. The molecule has 1 fully saturated rings. The molecule has 8 heteroatoms. The van der Waals surface area contributed by atoms with Crippen LogP contribution in [-0.2, 0) is 21.6 Å². The van der Waals surface area contributed by atoms with Crippen LogP contribution in [0.5, 0.6) is 5.75 Å². The van der Waals surface area contributed by atoms with E-state index in [4.69, 9.17) is 21.3 Å². The molecule has 1 aromatic heterocycles. The summed E-state index contributed by atoms with van der Waals surface area (Å²) in [5.41, 5.74) is 1.02. The van der Waals surface area contributed by atoms with E-state index in [-0.39, 0.29) is 23.0 Å². The highest BCUT2D eigenvalue weighted by Crippen LogP contribution is 2.30. The van der Waals surface area contributed by atoms with Crippen LogP contribution in [0.15, 0.2) is 24.3 Å². The maximum absolute atomic E-state index is 12.7. The Kier molecular flexibility index (Phi) is 6.83. The molecule has 7 nitrogen and oxygen atoms in total. The van der Waals surface area contributed by atoms with Crippen LogP contribution in [0.2, 0.25) is 5.02 Å². The summed E-state index contributed by atoms with van der Waals surface area (Å²) >= 11 is 5.96. The predicted octanol–water partition coefficient (Wildman–Crippen LogP) is 4.13. The topological polar surface area (TPSA) is 87.6 Å². The van der Waals surface area contributed by atoms with Gasteiger partial charge < -0.3 is 20.1 Å². The van der Waals surface area contributed by atoms with Crippen LogP contribution in [0.25, 0.3) is 0 Å². The standard InChI is InChI=1S/C22H29ClN4O3/c1-22(2,3)21-24-16(13-30-4)12-19(26-21)27-9-7-14(8-10-27)20(29)25-17-11-15(23)5-6-18(17)28/h5-6,11-12,14,28H,7-10,13H2,1-4H3,(H,25,29). The molecule has 3 rings (SSSR count). The van der Waals surface area contributed by atoms with Gasteiger partial charge >= 0.3 is 0 Å². The lowest BCUT2D eigenvalue weighted by Gasteiger charge is -2.33. The van der Waals surface area contributed by atoms with Crippen molar-refractivity contribution in [2.24, 2.45) is 5.92 Å². The Bertz CT molecular complexity index is 906. The van der Waals surface area contributed by atoms with Crippen molar-refractivity contribution >= 4 is 29.0 Å². The summed E-state index contributed by atoms with van der Waals surface area (Å²) in [4.78, 5) is 24.3. The Labute approximate surface area is 182 Å². The lowest BCUT2D eigenvalue weighted by molar-refractivity contribution is -0.120. The molecule has 1 aliphatic rings. The molecule has 1 amide bonds. The average Bonchev–Trinajstić information content (AvgIpc) is 2.70. The summed E-state index contributed by atoms with van der Waals surface area (Å²) in [7, 11) is 1.65. The van der Waals surface area contributed by atoms with Crippen LogP contribution < -0.4 is 10.2 Å². The van der Waals surface area contributed by atoms with Crippen LogP contribution in [0, 0.1) is 5.92 Å². The van der Waals surface area contributed by atoms with E-state index in [1.807, 2.05) is 6.07 Å². The fourth-order valence-corrected chi connectivity index (χ4v) is 3.59. The number of carbonyl (C=O) groups excluding carboxylic acids is 1. The summed E-state index contributed by atoms with van der Waals surface area (Å²) in [5, 5.41) is 13.2. The highest BCUT2D eigenvalue weighted by atomic mass is 35.5. The maximum atomic E-state index is 12.7. The summed E-state index contributed by atoms with van der Waals surface area (Å²) in [6.45, 7) is 8.12. The first-order valence-corrected chi connectivity index (χ1v) is 10.5. The van der Waals surface area contributed by atoms with Gasteiger partial charge in [0.25, 0.3) is 0 Å². The van der Waals surface area contributed by atoms with Crippen LogP contribution in [-0.4, -0.2) is 41.2 Å². The van der Waals surface area contributed by atoms with Gasteiger partial charge in [-0.1, -0.05) is 32.4 Å². The van der Waals surface area contributed by atoms with Gasteiger partial charge in [0.2, 0.25) is 5.91 Å². The van der Waals surface area contributed by atoms with E-state index in [2.05, 4.69) is 36.0 Å². The number of carbonyl (C=O) groups is 1. The van der Waals surface area contributed by atoms with Gasteiger partial charge in [-0.05, 0) is 31.0 Å². The molecular weight excluding hydrogens is 404 g/mol. The molecule has 1 aliphatic heterocycles. The largest absolute Gasteiger partial charge is 0.506 e. The van der Waals surface area contributed by atoms with Crippen LogP contribution in [0.3, 0.4) is 0 Å². The number of nitrogens with one attached hydrogen (secondary N) is 1. The number of hydrogen-bond acceptors (Lipinski definition) is 6. The molecular formula is C22H29ClN4O3. The van der Waals surface area contributed by atoms with Gasteiger partial charge in [-0.15, -0.1) is 0 Å². The van der Waals surface area contributed by atoms with Gasteiger partial charge in [0, 0.05) is 42.6 Å². The lowest BCUT2D eigenvalue weighted by atomic mass is 9.94. The van der Waals surface area contributed by atoms with Gasteiger partial charge in [-0.2, -0.15) is 0 Å². The Morgan fingerprint density at radius 2 is 1.97 bits per heavy atom. The van der Waals surface area contributed by atoms with Crippen molar-refractivity contribution in [3.05, 3.63) is 40.8 Å². The Hall–Kier alpha value is -2.38. The van der Waals surface area contributed by atoms with E-state index in [9.17, 15) is 9.90 Å². The molecule has 2 N–H and O–H groups in total. The predicted molar refractivity (Wildman–Crippen MR) is 118 cm³/mol. The van der Waals surface area contributed by atoms with E-state index < -0.39 is 0 Å². The second-order valence-electron chi connectivity index (χ2n) is 8.64. The number of nitrogens with zero attached hydrogens (tertiary/aromatic N) is 3. The van der Waals surface area contributed by atoms with Crippen LogP contribution in [0.1, 0.15) is 45.1 Å². The average molecular weight is 433 g/mol. The lowest BCUT2D eigenvalue weighted by Crippen LogP contribution is -2.39. The molecule has 0 spiro atoms. The number of amides is 1. The number of hydrogen-bond donors (Lipinski definition) is 2. The number of phenols is 1. The van der Waals surface area contributed by atoms with E-state index >= 15 is 0 Å². The van der Waals surface area contributed by atoms with Gasteiger partial charge in [-0.25, -0.2) is 9.97 Å². The smallest absolute Gasteiger partial charge is 0.227 e. The van der Waals surface area contributed by atoms with Crippen molar-refractivity contribution in [2.75, 3.05) is 30.4 Å². The van der Waals surface area contributed by atoms with Gasteiger partial charge in [0.05, 0.1) is 18.0 Å². The molecule has 0 atom stereocenters. The molecule has 0 bridgehead atoms. The quantitative estimate of drug-likeness (QED) is 0.690. The number of piperidine rings is 1. The summed E-state index contributed by atoms with van der Waals surface area (Å²) in [6.07, 6.45) is 1.39. The number of phenolic OH excluding ortho intramolecular Hbond substituents is 1. The van der Waals surface area contributed by atoms with Gasteiger partial charge in [0.1, 0.15) is 17.4 Å². The molecule has 162 valence electrons. The van der Waals surface area contributed by atoms with Crippen molar-refractivity contribution in [3.63, 3.8) is 0 Å². The van der Waals surface area contributed by atoms with Crippen molar-refractivity contribution in [2.45, 2.75) is 45.6 Å². The monoisotopic (exact) mass is 432 g/mol. The number of methoxy groups -OCH3 is 1. The fraction of sp³-hybridized carbons (Fsp3) is 0.500. The third kappa shape index (κ3) is 5.40. The van der Waals surface area contributed by atoms with Crippen molar-refractivity contribution in [1.82, 2.24) is 9.97 Å². The second kappa shape index (κ2) is 9.18. The zero-order valence-corrected chi connectivity index (χ0v) is 18.7. The summed E-state index contributed by atoms with van der Waals surface area (Å²) in [5.74, 6) is 1.41. The number of aromatic hydroxyl groups is 1. The second-order valence-corrected chi connectivity index (χ2v) is 9.07. The molecule has 2 heterocycles. The van der Waals surface area contributed by atoms with E-state index in [0.29, 0.717) is 43.2 Å². The van der Waals surface area contributed by atoms with Crippen LogP contribution in [0.4, 0.5) is 11.5 Å². The highest BCUT2D eigenvalue weighted by molar-refractivity contribution is 6.31. The third-order valence-electron chi connectivity index (χ3n) is 5.13. The van der Waals surface area contributed by atoms with Gasteiger partial charge in [-0.3, -0.25) is 4.79 Å². The van der Waals surface area contributed by atoms with Crippen LogP contribution >= 0.6 is 11.6 Å². The number of rotatable bonds is 5. The van der Waals surface area contributed by atoms with Crippen molar-refractivity contribution < 1.29 is 14.6 Å². The molecule has 1 aromatic carbocycles. The molecule has 30 heavy (non-hydrogen) atoms. The SMILES string of the molecule is COCc1cc(N2CCC(C(=O)Nc3cc(Cl)ccc3O)CC2)nc(C(C)(C)C)n1. The number of benzene rings is 1. The Morgan fingerprint density at radius 1 is 1.27 bits per heavy atom. The minimum absolute atomic E-state index is 0.00607. The molecule has 0 radical (unpaired) electrons. The molecule has 1 saturated heterocycles. The minimum atomic E-state index is -0.171. The number of halogens is 1. The fourth-order valence-electron chi connectivity index (χ4n) is 3.42. The summed E-state index contributed by atoms with van der Waals surface area (Å²) in [6, 6.07) is 6.57. The maximum Gasteiger partial charge on any atom is 0.227 e. The first kappa shape index (κ1) is 22.3. The van der Waals surface area contributed by atoms with E-state index in [0.717, 1.165) is 17.3 Å². The van der Waals surface area contributed by atoms with Gasteiger partial charge in [0.15, 0.2) is 0 Å². The molecule has 2 aromatic rings. The molecule has 0 saturated carbocycles. The van der Waals surface area contributed by atoms with Crippen molar-refractivity contribution in [1.29, 1.82) is 0 Å². The van der Waals surface area contributed by atoms with E-state index in [1.54, 1.807) is 19.2 Å². The minimum Gasteiger partial charge on any atom is -0.506 e. The zero-order chi connectivity index (χ0) is 21.9. The Balaban J connectivity index is 1.68. The highest BCUT2D eigenvalue weighted by Gasteiger charge is 2.28. The number of anilines is 2.